The molecule has 2 aromatic carbocycles. The Bertz CT molecular complexity index is 689. The minimum Gasteiger partial charge on any atom is -0.457 e. The Morgan fingerprint density at radius 1 is 1.00 bits per heavy atom. The monoisotopic (exact) mass is 296 g/mol. The van der Waals surface area contributed by atoms with Gasteiger partial charge in [-0.1, -0.05) is 49.0 Å². The first-order valence-corrected chi connectivity index (χ1v) is 6.75. The molecule has 0 aliphatic heterocycles. The molecule has 0 aliphatic rings. The molecule has 0 radical (unpaired) electrons. The minimum atomic E-state index is -0.580. The second kappa shape index (κ2) is 7.22. The van der Waals surface area contributed by atoms with E-state index < -0.39 is 11.9 Å². The first kappa shape index (κ1) is 15.5. The van der Waals surface area contributed by atoms with E-state index >= 15 is 0 Å². The van der Waals surface area contributed by atoms with Crippen LogP contribution in [-0.4, -0.2) is 11.9 Å². The average Bonchev–Trinajstić information content (AvgIpc) is 2.54. The lowest BCUT2D eigenvalue weighted by Gasteiger charge is -2.10. The quantitative estimate of drug-likeness (QED) is 0.481. The summed E-state index contributed by atoms with van der Waals surface area (Å²) in [5.74, 6) is -0.967. The molecule has 0 saturated carbocycles. The van der Waals surface area contributed by atoms with Crippen LogP contribution in [0.3, 0.4) is 0 Å². The Morgan fingerprint density at radius 3 is 2.32 bits per heavy atom. The van der Waals surface area contributed by atoms with Crippen LogP contribution in [0.4, 0.5) is 0 Å². The van der Waals surface area contributed by atoms with Gasteiger partial charge in [-0.15, -0.1) is 0 Å². The summed E-state index contributed by atoms with van der Waals surface area (Å²) in [7, 11) is 0. The predicted octanol–water partition coefficient (Wildman–Crippen LogP) is 3.53. The van der Waals surface area contributed by atoms with E-state index in [2.05, 4.69) is 6.58 Å². The fourth-order valence-electron chi connectivity index (χ4n) is 1.71. The Labute approximate surface area is 129 Å². The van der Waals surface area contributed by atoms with Crippen molar-refractivity contribution in [2.24, 2.45) is 0 Å². The molecule has 4 nitrogen and oxygen atoms in total. The van der Waals surface area contributed by atoms with Gasteiger partial charge in [0.15, 0.2) is 0 Å². The van der Waals surface area contributed by atoms with Crippen molar-refractivity contribution >= 4 is 11.9 Å². The molecule has 0 spiro atoms. The van der Waals surface area contributed by atoms with E-state index in [4.69, 9.17) is 9.47 Å². The summed E-state index contributed by atoms with van der Waals surface area (Å²) in [5.41, 5.74) is 1.34. The van der Waals surface area contributed by atoms with Gasteiger partial charge in [0.1, 0.15) is 17.9 Å². The van der Waals surface area contributed by atoms with Gasteiger partial charge in [0.25, 0.3) is 0 Å². The highest BCUT2D eigenvalue weighted by Crippen LogP contribution is 2.20. The van der Waals surface area contributed by atoms with E-state index in [-0.39, 0.29) is 23.5 Å². The van der Waals surface area contributed by atoms with Crippen molar-refractivity contribution in [3.05, 3.63) is 77.9 Å². The Kier molecular flexibility index (Phi) is 5.09. The molecule has 0 saturated heterocycles. The number of hydrogen-bond donors (Lipinski definition) is 0. The van der Waals surface area contributed by atoms with Crippen LogP contribution in [0.25, 0.3) is 0 Å². The molecule has 0 atom stereocenters. The van der Waals surface area contributed by atoms with Crippen LogP contribution < -0.4 is 4.74 Å². The zero-order valence-electron chi connectivity index (χ0n) is 12.2. The van der Waals surface area contributed by atoms with E-state index in [1.165, 1.54) is 0 Å². The van der Waals surface area contributed by atoms with Crippen LogP contribution in [0, 0.1) is 0 Å². The predicted molar refractivity (Wildman–Crippen MR) is 82.5 cm³/mol. The molecule has 22 heavy (non-hydrogen) atoms. The van der Waals surface area contributed by atoms with Gasteiger partial charge in [-0.05, 0) is 24.6 Å². The van der Waals surface area contributed by atoms with E-state index in [9.17, 15) is 9.59 Å². The topological polar surface area (TPSA) is 52.6 Å². The SMILES string of the molecule is C=C(C)C(=O)Oc1ccccc1C(=O)OCc1ccccc1. The lowest BCUT2D eigenvalue weighted by Crippen LogP contribution is -2.13. The molecule has 0 fully saturated rings. The summed E-state index contributed by atoms with van der Waals surface area (Å²) in [6, 6.07) is 15.8. The van der Waals surface area contributed by atoms with Crippen molar-refractivity contribution in [1.82, 2.24) is 0 Å². The van der Waals surface area contributed by atoms with Crippen LogP contribution in [0.15, 0.2) is 66.7 Å². The summed E-state index contributed by atoms with van der Waals surface area (Å²) < 4.78 is 10.4. The van der Waals surface area contributed by atoms with E-state index in [1.54, 1.807) is 31.2 Å². The van der Waals surface area contributed by atoms with Crippen molar-refractivity contribution in [3.8, 4) is 5.75 Å². The molecular formula is C18H16O4. The number of rotatable bonds is 5. The number of benzene rings is 2. The van der Waals surface area contributed by atoms with Gasteiger partial charge in [0.05, 0.1) is 0 Å². The third-order valence-corrected chi connectivity index (χ3v) is 2.87. The third kappa shape index (κ3) is 4.06. The van der Waals surface area contributed by atoms with Gasteiger partial charge in [0, 0.05) is 5.57 Å². The second-order valence-corrected chi connectivity index (χ2v) is 4.73. The lowest BCUT2D eigenvalue weighted by atomic mass is 10.2. The zero-order chi connectivity index (χ0) is 15.9. The van der Waals surface area contributed by atoms with Crippen molar-refractivity contribution in [2.75, 3.05) is 0 Å². The molecule has 0 aromatic heterocycles. The van der Waals surface area contributed by atoms with Crippen LogP contribution in [0.5, 0.6) is 5.75 Å². The molecule has 112 valence electrons. The summed E-state index contributed by atoms with van der Waals surface area (Å²) in [5, 5.41) is 0. The fourth-order valence-corrected chi connectivity index (χ4v) is 1.71. The molecule has 0 amide bonds. The van der Waals surface area contributed by atoms with Crippen molar-refractivity contribution in [1.29, 1.82) is 0 Å². The van der Waals surface area contributed by atoms with Gasteiger partial charge in [-0.3, -0.25) is 0 Å². The summed E-state index contributed by atoms with van der Waals surface area (Å²) in [4.78, 5) is 23.7. The zero-order valence-corrected chi connectivity index (χ0v) is 12.2. The first-order chi connectivity index (χ1) is 10.6. The molecule has 0 unspecified atom stereocenters. The number of ether oxygens (including phenoxy) is 2. The molecule has 2 aromatic rings. The van der Waals surface area contributed by atoms with Crippen LogP contribution in [0.2, 0.25) is 0 Å². The van der Waals surface area contributed by atoms with Crippen LogP contribution in [0.1, 0.15) is 22.8 Å². The maximum absolute atomic E-state index is 12.2. The van der Waals surface area contributed by atoms with Gasteiger partial charge in [-0.25, -0.2) is 9.59 Å². The number of hydrogen-bond acceptors (Lipinski definition) is 4. The number of esters is 2. The van der Waals surface area contributed by atoms with Gasteiger partial charge in [0.2, 0.25) is 0 Å². The van der Waals surface area contributed by atoms with E-state index in [1.807, 2.05) is 30.3 Å². The second-order valence-electron chi connectivity index (χ2n) is 4.73. The van der Waals surface area contributed by atoms with E-state index in [0.29, 0.717) is 0 Å². The number of carbonyl (C=O) groups excluding carboxylic acids is 2. The highest BCUT2D eigenvalue weighted by molar-refractivity contribution is 5.95. The number of carbonyl (C=O) groups is 2. The van der Waals surface area contributed by atoms with Crippen LogP contribution in [-0.2, 0) is 16.1 Å². The average molecular weight is 296 g/mol. The maximum Gasteiger partial charge on any atom is 0.342 e. The largest absolute Gasteiger partial charge is 0.457 e. The van der Waals surface area contributed by atoms with Crippen molar-refractivity contribution < 1.29 is 19.1 Å². The molecule has 2 rings (SSSR count). The van der Waals surface area contributed by atoms with Crippen molar-refractivity contribution in [2.45, 2.75) is 13.5 Å². The minimum absolute atomic E-state index is 0.155. The summed E-state index contributed by atoms with van der Waals surface area (Å²) >= 11 is 0. The lowest BCUT2D eigenvalue weighted by molar-refractivity contribution is -0.130. The smallest absolute Gasteiger partial charge is 0.342 e. The third-order valence-electron chi connectivity index (χ3n) is 2.87. The Balaban J connectivity index is 2.09. The normalized spacial score (nSPS) is 9.86. The van der Waals surface area contributed by atoms with Gasteiger partial charge < -0.3 is 9.47 Å². The first-order valence-electron chi connectivity index (χ1n) is 6.75. The van der Waals surface area contributed by atoms with E-state index in [0.717, 1.165) is 5.56 Å². The molecular weight excluding hydrogens is 280 g/mol. The summed E-state index contributed by atoms with van der Waals surface area (Å²) in [6.07, 6.45) is 0. The highest BCUT2D eigenvalue weighted by atomic mass is 16.5. The molecule has 4 heteroatoms. The molecule has 0 N–H and O–H groups in total. The Hall–Kier alpha value is -2.88. The molecule has 0 heterocycles. The molecule has 0 aliphatic carbocycles. The Morgan fingerprint density at radius 2 is 1.64 bits per heavy atom. The van der Waals surface area contributed by atoms with Crippen LogP contribution >= 0.6 is 0 Å². The highest BCUT2D eigenvalue weighted by Gasteiger charge is 2.16. The standard InChI is InChI=1S/C18H16O4/c1-13(2)17(19)22-16-11-7-6-10-15(16)18(20)21-12-14-8-4-3-5-9-14/h3-11H,1,12H2,2H3. The molecule has 0 bridgehead atoms. The fraction of sp³-hybridized carbons (Fsp3) is 0.111. The summed E-state index contributed by atoms with van der Waals surface area (Å²) in [6.45, 7) is 5.21. The van der Waals surface area contributed by atoms with Gasteiger partial charge >= 0.3 is 11.9 Å². The van der Waals surface area contributed by atoms with Gasteiger partial charge in [-0.2, -0.15) is 0 Å². The maximum atomic E-state index is 12.2. The number of para-hydroxylation sites is 1. The van der Waals surface area contributed by atoms with Crippen molar-refractivity contribution in [3.63, 3.8) is 0 Å².